The molecular weight excluding hydrogens is 244 g/mol. The fourth-order valence-corrected chi connectivity index (χ4v) is 1.61. The molecule has 0 aromatic heterocycles. The van der Waals surface area contributed by atoms with Gasteiger partial charge in [0.05, 0.1) is 13.2 Å². The fourth-order valence-electron chi connectivity index (χ4n) is 1.61. The molecule has 0 aliphatic rings. The van der Waals surface area contributed by atoms with Gasteiger partial charge in [-0.3, -0.25) is 9.59 Å². The molecular formula is C15H26O4. The molecule has 0 saturated carbocycles. The maximum atomic E-state index is 11.9. The lowest BCUT2D eigenvalue weighted by atomic mass is 9.89. The van der Waals surface area contributed by atoms with E-state index in [0.717, 1.165) is 25.7 Å². The third-order valence-electron chi connectivity index (χ3n) is 2.82. The van der Waals surface area contributed by atoms with Crippen LogP contribution in [-0.2, 0) is 19.1 Å². The molecule has 110 valence electrons. The Morgan fingerprint density at radius 1 is 1.00 bits per heavy atom. The summed E-state index contributed by atoms with van der Waals surface area (Å²) in [6.45, 7) is 7.60. The van der Waals surface area contributed by atoms with Crippen molar-refractivity contribution in [3.05, 3.63) is 12.2 Å². The fraction of sp³-hybridized carbons (Fsp3) is 0.733. The predicted octanol–water partition coefficient (Wildman–Crippen LogP) is 3.26. The summed E-state index contributed by atoms with van der Waals surface area (Å²) >= 11 is 0. The highest BCUT2D eigenvalue weighted by molar-refractivity contribution is 6.01. The van der Waals surface area contributed by atoms with Gasteiger partial charge in [-0.05, 0) is 33.6 Å². The first-order valence-corrected chi connectivity index (χ1v) is 7.05. The van der Waals surface area contributed by atoms with E-state index < -0.39 is 17.4 Å². The molecule has 0 aromatic rings. The summed E-state index contributed by atoms with van der Waals surface area (Å²) in [5.74, 6) is -1.11. The second kappa shape index (κ2) is 9.59. The monoisotopic (exact) mass is 270 g/mol. The van der Waals surface area contributed by atoms with Crippen LogP contribution >= 0.6 is 0 Å². The second-order valence-corrected chi connectivity index (χ2v) is 4.54. The van der Waals surface area contributed by atoms with Crippen molar-refractivity contribution in [1.82, 2.24) is 0 Å². The molecule has 0 rings (SSSR count). The molecule has 0 N–H and O–H groups in total. The Morgan fingerprint density at radius 2 is 1.53 bits per heavy atom. The van der Waals surface area contributed by atoms with Gasteiger partial charge in [0.1, 0.15) is 0 Å². The summed E-state index contributed by atoms with van der Waals surface area (Å²) in [5.41, 5.74) is -1.34. The number of hydrogen-bond donors (Lipinski definition) is 0. The van der Waals surface area contributed by atoms with Gasteiger partial charge in [0.25, 0.3) is 0 Å². The average molecular weight is 270 g/mol. The van der Waals surface area contributed by atoms with Crippen molar-refractivity contribution in [2.75, 3.05) is 13.2 Å². The molecule has 0 radical (unpaired) electrons. The molecule has 0 heterocycles. The number of esters is 2. The van der Waals surface area contributed by atoms with Crippen LogP contribution in [0.25, 0.3) is 0 Å². The summed E-state index contributed by atoms with van der Waals surface area (Å²) in [6.07, 6.45) is 7.65. The Kier molecular flexibility index (Phi) is 8.92. The maximum Gasteiger partial charge on any atom is 0.327 e. The van der Waals surface area contributed by atoms with Crippen LogP contribution in [-0.4, -0.2) is 25.2 Å². The number of carbonyl (C=O) groups excluding carboxylic acids is 2. The number of carbonyl (C=O) groups is 2. The van der Waals surface area contributed by atoms with Crippen molar-refractivity contribution >= 4 is 11.9 Å². The van der Waals surface area contributed by atoms with Gasteiger partial charge in [-0.15, -0.1) is 0 Å². The van der Waals surface area contributed by atoms with Crippen LogP contribution in [0.3, 0.4) is 0 Å². The highest BCUT2D eigenvalue weighted by Gasteiger charge is 2.41. The van der Waals surface area contributed by atoms with Crippen LogP contribution < -0.4 is 0 Å². The Labute approximate surface area is 116 Å². The molecule has 0 spiro atoms. The molecule has 0 saturated heterocycles. The molecule has 0 aliphatic carbocycles. The van der Waals surface area contributed by atoms with E-state index in [9.17, 15) is 9.59 Å². The van der Waals surface area contributed by atoms with E-state index in [4.69, 9.17) is 9.47 Å². The lowest BCUT2D eigenvalue weighted by Crippen LogP contribution is -2.37. The first kappa shape index (κ1) is 17.7. The lowest BCUT2D eigenvalue weighted by Gasteiger charge is -2.21. The van der Waals surface area contributed by atoms with E-state index in [2.05, 4.69) is 6.92 Å². The largest absolute Gasteiger partial charge is 0.465 e. The van der Waals surface area contributed by atoms with Crippen LogP contribution in [0.5, 0.6) is 0 Å². The van der Waals surface area contributed by atoms with Crippen molar-refractivity contribution in [3.63, 3.8) is 0 Å². The molecule has 4 nitrogen and oxygen atoms in total. The number of allylic oxidation sites excluding steroid dienone is 1. The van der Waals surface area contributed by atoms with Crippen molar-refractivity contribution in [2.45, 2.75) is 53.4 Å². The smallest absolute Gasteiger partial charge is 0.327 e. The van der Waals surface area contributed by atoms with E-state index >= 15 is 0 Å². The minimum atomic E-state index is -1.34. The average Bonchev–Trinajstić information content (AvgIpc) is 2.38. The van der Waals surface area contributed by atoms with Gasteiger partial charge in [0.15, 0.2) is 5.41 Å². The van der Waals surface area contributed by atoms with E-state index in [1.807, 2.05) is 6.08 Å². The zero-order valence-electron chi connectivity index (χ0n) is 12.5. The Balaban J connectivity index is 4.75. The van der Waals surface area contributed by atoms with Crippen molar-refractivity contribution < 1.29 is 19.1 Å². The molecule has 19 heavy (non-hydrogen) atoms. The molecule has 0 aromatic carbocycles. The third kappa shape index (κ3) is 5.90. The molecule has 0 bridgehead atoms. The van der Waals surface area contributed by atoms with E-state index in [1.165, 1.54) is 0 Å². The van der Waals surface area contributed by atoms with Crippen LogP contribution in [0, 0.1) is 5.41 Å². The zero-order chi connectivity index (χ0) is 14.7. The summed E-state index contributed by atoms with van der Waals surface area (Å²) < 4.78 is 9.92. The Morgan fingerprint density at radius 3 is 1.95 bits per heavy atom. The first-order valence-electron chi connectivity index (χ1n) is 7.05. The van der Waals surface area contributed by atoms with Crippen LogP contribution in [0.1, 0.15) is 53.4 Å². The minimum absolute atomic E-state index is 0.248. The number of hydrogen-bond acceptors (Lipinski definition) is 4. The summed E-state index contributed by atoms with van der Waals surface area (Å²) in [5, 5.41) is 0. The van der Waals surface area contributed by atoms with Crippen LogP contribution in [0.2, 0.25) is 0 Å². The molecule has 0 fully saturated rings. The van der Waals surface area contributed by atoms with Crippen molar-refractivity contribution in [1.29, 1.82) is 0 Å². The van der Waals surface area contributed by atoms with E-state index in [-0.39, 0.29) is 13.2 Å². The van der Waals surface area contributed by atoms with Gasteiger partial charge in [-0.25, -0.2) is 0 Å². The third-order valence-corrected chi connectivity index (χ3v) is 2.82. The number of unbranched alkanes of at least 4 members (excludes halogenated alkanes) is 3. The SMILES string of the molecule is CCCCCC=CC(C)(C(=O)OCC)C(=O)OCC. The minimum Gasteiger partial charge on any atom is -0.465 e. The predicted molar refractivity (Wildman–Crippen MR) is 74.7 cm³/mol. The van der Waals surface area contributed by atoms with Gasteiger partial charge in [-0.1, -0.05) is 31.9 Å². The van der Waals surface area contributed by atoms with E-state index in [1.54, 1.807) is 26.8 Å². The molecule has 4 heteroatoms. The second-order valence-electron chi connectivity index (χ2n) is 4.54. The summed E-state index contributed by atoms with van der Waals surface area (Å²) in [6, 6.07) is 0. The van der Waals surface area contributed by atoms with Crippen molar-refractivity contribution in [2.24, 2.45) is 5.41 Å². The van der Waals surface area contributed by atoms with Crippen LogP contribution in [0.15, 0.2) is 12.2 Å². The standard InChI is InChI=1S/C15H26O4/c1-5-8-9-10-11-12-15(4,13(16)18-6-2)14(17)19-7-3/h11-12H,5-10H2,1-4H3. The Bertz CT molecular complexity index is 289. The molecule has 0 aliphatic heterocycles. The van der Waals surface area contributed by atoms with Gasteiger partial charge in [0.2, 0.25) is 0 Å². The number of ether oxygens (including phenoxy) is 2. The van der Waals surface area contributed by atoms with Crippen molar-refractivity contribution in [3.8, 4) is 0 Å². The zero-order valence-corrected chi connectivity index (χ0v) is 12.5. The highest BCUT2D eigenvalue weighted by atomic mass is 16.6. The lowest BCUT2D eigenvalue weighted by molar-refractivity contribution is -0.166. The van der Waals surface area contributed by atoms with Crippen LogP contribution in [0.4, 0.5) is 0 Å². The molecule has 0 atom stereocenters. The molecule has 0 amide bonds. The van der Waals surface area contributed by atoms with Gasteiger partial charge >= 0.3 is 11.9 Å². The normalized spacial score (nSPS) is 11.6. The van der Waals surface area contributed by atoms with Gasteiger partial charge < -0.3 is 9.47 Å². The summed E-state index contributed by atoms with van der Waals surface area (Å²) in [4.78, 5) is 23.9. The van der Waals surface area contributed by atoms with E-state index in [0.29, 0.717) is 0 Å². The topological polar surface area (TPSA) is 52.6 Å². The molecule has 0 unspecified atom stereocenters. The Hall–Kier alpha value is -1.32. The quantitative estimate of drug-likeness (QED) is 0.279. The first-order chi connectivity index (χ1) is 9.02. The highest BCUT2D eigenvalue weighted by Crippen LogP contribution is 2.23. The number of rotatable bonds is 9. The van der Waals surface area contributed by atoms with Gasteiger partial charge in [-0.2, -0.15) is 0 Å². The maximum absolute atomic E-state index is 11.9. The summed E-state index contributed by atoms with van der Waals surface area (Å²) in [7, 11) is 0. The van der Waals surface area contributed by atoms with Gasteiger partial charge in [0, 0.05) is 0 Å².